The highest BCUT2D eigenvalue weighted by molar-refractivity contribution is 6.00. The van der Waals surface area contributed by atoms with Gasteiger partial charge in [0.1, 0.15) is 0 Å². The van der Waals surface area contributed by atoms with Crippen LogP contribution in [0.1, 0.15) is 37.1 Å². The van der Waals surface area contributed by atoms with E-state index in [0.717, 1.165) is 29.8 Å². The lowest BCUT2D eigenvalue weighted by atomic mass is 9.58. The van der Waals surface area contributed by atoms with E-state index in [0.29, 0.717) is 6.54 Å². The fourth-order valence-corrected chi connectivity index (χ4v) is 5.54. The first-order chi connectivity index (χ1) is 15.0. The minimum Gasteiger partial charge on any atom is -0.308 e. The summed E-state index contributed by atoms with van der Waals surface area (Å²) in [5.41, 5.74) is 5.64. The van der Waals surface area contributed by atoms with Crippen LogP contribution < -0.4 is 0 Å². The van der Waals surface area contributed by atoms with Crippen LogP contribution in [-0.2, 0) is 23.2 Å². The molecule has 4 nitrogen and oxygen atoms in total. The molecule has 0 aliphatic heterocycles. The summed E-state index contributed by atoms with van der Waals surface area (Å²) in [6.07, 6.45) is 3.72. The van der Waals surface area contributed by atoms with Crippen molar-refractivity contribution in [3.8, 4) is 11.3 Å². The largest absolute Gasteiger partial charge is 0.308 e. The Morgan fingerprint density at radius 2 is 1.81 bits per heavy atom. The van der Waals surface area contributed by atoms with Crippen LogP contribution in [0.5, 0.6) is 0 Å². The third kappa shape index (κ3) is 3.04. The summed E-state index contributed by atoms with van der Waals surface area (Å²) in [4.78, 5) is 16.3. The Kier molecular flexibility index (Phi) is 4.63. The smallest absolute Gasteiger partial charge is 0.226 e. The molecule has 0 saturated carbocycles. The molecular weight excluding hydrogens is 382 g/mol. The zero-order valence-corrected chi connectivity index (χ0v) is 17.9. The maximum atomic E-state index is 12.7. The first-order valence-electron chi connectivity index (χ1n) is 10.9. The molecule has 0 bridgehead atoms. The van der Waals surface area contributed by atoms with E-state index in [1.807, 2.05) is 25.1 Å². The summed E-state index contributed by atoms with van der Waals surface area (Å²) in [5.74, 6) is -0.0127. The van der Waals surface area contributed by atoms with Gasteiger partial charge < -0.3 is 4.79 Å². The molecule has 154 valence electrons. The Bertz CT molecular complexity index is 1220. The monoisotopic (exact) mass is 407 g/mol. The van der Waals surface area contributed by atoms with Gasteiger partial charge in [0, 0.05) is 22.5 Å². The average Bonchev–Trinajstić information content (AvgIpc) is 3.17. The third-order valence-corrected chi connectivity index (χ3v) is 7.09. The number of benzene rings is 2. The fourth-order valence-electron chi connectivity index (χ4n) is 5.54. The van der Waals surface area contributed by atoms with E-state index in [1.54, 1.807) is 0 Å². The quantitative estimate of drug-likeness (QED) is 0.542. The second kappa shape index (κ2) is 7.35. The van der Waals surface area contributed by atoms with Crippen molar-refractivity contribution in [3.63, 3.8) is 0 Å². The summed E-state index contributed by atoms with van der Waals surface area (Å²) >= 11 is 0. The molecule has 1 heterocycles. The van der Waals surface area contributed by atoms with Gasteiger partial charge in [-0.2, -0.15) is 5.10 Å². The topological polar surface area (TPSA) is 39.2 Å². The first-order valence-corrected chi connectivity index (χ1v) is 10.9. The molecule has 0 N–H and O–H groups in total. The van der Waals surface area contributed by atoms with Gasteiger partial charge in [-0.3, -0.25) is 4.68 Å². The Morgan fingerprint density at radius 3 is 2.48 bits per heavy atom. The highest BCUT2D eigenvalue weighted by Crippen LogP contribution is 2.51. The lowest BCUT2D eigenvalue weighted by Crippen LogP contribution is -2.45. The molecule has 0 amide bonds. The molecule has 3 atom stereocenters. The molecule has 0 unspecified atom stereocenters. The number of rotatable bonds is 3. The van der Waals surface area contributed by atoms with Crippen molar-refractivity contribution in [2.45, 2.75) is 38.6 Å². The van der Waals surface area contributed by atoms with Gasteiger partial charge in [0.05, 0.1) is 24.5 Å². The van der Waals surface area contributed by atoms with E-state index in [1.165, 1.54) is 11.1 Å². The zero-order chi connectivity index (χ0) is 21.6. The zero-order valence-electron chi connectivity index (χ0n) is 17.9. The number of hydrogen-bond acceptors (Lipinski definition) is 2. The maximum absolute atomic E-state index is 12.7. The predicted molar refractivity (Wildman–Crippen MR) is 121 cm³/mol. The SMILES string of the molecule is [C-]#[N+]C1=C[C@@]2(C)c3nn(Cc4ccccc4)c(-c4ccccc4)c3CC[C@@H]2[C@@H](C)C1=O. The Labute approximate surface area is 183 Å². The second-order valence-corrected chi connectivity index (χ2v) is 8.91. The number of Topliss-reactive ketones (excluding diaryl/α,β-unsaturated/α-hetero) is 1. The van der Waals surface area contributed by atoms with E-state index < -0.39 is 5.41 Å². The number of allylic oxidation sites excluding steroid dienone is 2. The number of hydrogen-bond donors (Lipinski definition) is 0. The molecule has 2 aromatic carbocycles. The summed E-state index contributed by atoms with van der Waals surface area (Å²) < 4.78 is 2.12. The minimum absolute atomic E-state index is 0.0204. The molecule has 4 heteroatoms. The lowest BCUT2D eigenvalue weighted by Gasteiger charge is -2.44. The van der Waals surface area contributed by atoms with Crippen molar-refractivity contribution < 1.29 is 4.79 Å². The molecule has 31 heavy (non-hydrogen) atoms. The average molecular weight is 408 g/mol. The fraction of sp³-hybridized carbons (Fsp3) is 0.296. The van der Waals surface area contributed by atoms with Gasteiger partial charge in [-0.05, 0) is 24.3 Å². The van der Waals surface area contributed by atoms with Gasteiger partial charge in [0.25, 0.3) is 0 Å². The molecule has 2 aliphatic rings. The summed E-state index contributed by atoms with van der Waals surface area (Å²) in [7, 11) is 0. The van der Waals surface area contributed by atoms with E-state index in [2.05, 4.69) is 65.0 Å². The van der Waals surface area contributed by atoms with Gasteiger partial charge in [-0.15, -0.1) is 0 Å². The molecule has 0 spiro atoms. The molecule has 0 radical (unpaired) electrons. The van der Waals surface area contributed by atoms with Gasteiger partial charge in [0.15, 0.2) is 5.78 Å². The number of carbonyl (C=O) groups excluding carboxylic acids is 1. The Hall–Kier alpha value is -3.45. The summed E-state index contributed by atoms with van der Waals surface area (Å²) in [6, 6.07) is 20.8. The van der Waals surface area contributed by atoms with Crippen LogP contribution in [0.3, 0.4) is 0 Å². The number of aromatic nitrogens is 2. The second-order valence-electron chi connectivity index (χ2n) is 8.91. The van der Waals surface area contributed by atoms with Crippen molar-refractivity contribution in [1.29, 1.82) is 0 Å². The van der Waals surface area contributed by atoms with Crippen LogP contribution in [0.15, 0.2) is 72.4 Å². The predicted octanol–water partition coefficient (Wildman–Crippen LogP) is 5.44. The Balaban J connectivity index is 1.72. The van der Waals surface area contributed by atoms with Gasteiger partial charge in [0.2, 0.25) is 5.70 Å². The molecule has 1 aromatic heterocycles. The molecule has 3 aromatic rings. The van der Waals surface area contributed by atoms with Crippen molar-refractivity contribution in [2.24, 2.45) is 11.8 Å². The molecule has 2 aliphatic carbocycles. The summed E-state index contributed by atoms with van der Waals surface area (Å²) in [6.45, 7) is 12.4. The molecular formula is C27H25N3O. The van der Waals surface area contributed by atoms with Crippen LogP contribution in [0, 0.1) is 18.4 Å². The number of fused-ring (bicyclic) bond motifs is 3. The van der Waals surface area contributed by atoms with Gasteiger partial charge in [-0.1, -0.05) is 80.6 Å². The van der Waals surface area contributed by atoms with Crippen LogP contribution >= 0.6 is 0 Å². The van der Waals surface area contributed by atoms with E-state index in [-0.39, 0.29) is 23.3 Å². The Morgan fingerprint density at radius 1 is 1.13 bits per heavy atom. The van der Waals surface area contributed by atoms with Crippen LogP contribution in [0.2, 0.25) is 0 Å². The number of nitrogens with zero attached hydrogens (tertiary/aromatic N) is 3. The number of carbonyl (C=O) groups is 1. The minimum atomic E-state index is -0.410. The van der Waals surface area contributed by atoms with Crippen molar-refractivity contribution in [3.05, 3.63) is 101 Å². The van der Waals surface area contributed by atoms with Crippen LogP contribution in [0.25, 0.3) is 16.1 Å². The highest BCUT2D eigenvalue weighted by Gasteiger charge is 2.50. The van der Waals surface area contributed by atoms with Crippen molar-refractivity contribution in [2.75, 3.05) is 0 Å². The van der Waals surface area contributed by atoms with Crippen LogP contribution in [-0.4, -0.2) is 15.6 Å². The maximum Gasteiger partial charge on any atom is 0.226 e. The third-order valence-electron chi connectivity index (χ3n) is 7.09. The molecule has 0 saturated heterocycles. The highest BCUT2D eigenvalue weighted by atomic mass is 16.1. The van der Waals surface area contributed by atoms with Crippen molar-refractivity contribution >= 4 is 5.78 Å². The van der Waals surface area contributed by atoms with Crippen LogP contribution in [0.4, 0.5) is 0 Å². The normalized spacial score (nSPS) is 24.7. The standard InChI is InChI=1S/C27H25N3O/c1-18-22-15-14-21-24(20-12-8-5-9-13-20)30(17-19-10-6-4-7-11-19)29-26(21)27(22,2)16-23(28-3)25(18)31/h4-13,16,18,22H,14-15,17H2,1-2H3/t18-,22-,27-/m1/s1. The van der Waals surface area contributed by atoms with E-state index in [9.17, 15) is 4.79 Å². The van der Waals surface area contributed by atoms with E-state index in [4.69, 9.17) is 11.7 Å². The summed E-state index contributed by atoms with van der Waals surface area (Å²) in [5, 5.41) is 5.16. The lowest BCUT2D eigenvalue weighted by molar-refractivity contribution is -0.121. The molecule has 0 fully saturated rings. The van der Waals surface area contributed by atoms with Gasteiger partial charge in [-0.25, -0.2) is 4.85 Å². The van der Waals surface area contributed by atoms with E-state index >= 15 is 0 Å². The number of ketones is 1. The van der Waals surface area contributed by atoms with Gasteiger partial charge >= 0.3 is 0 Å². The first kappa shape index (κ1) is 19.5. The molecule has 5 rings (SSSR count). The van der Waals surface area contributed by atoms with Crippen molar-refractivity contribution in [1.82, 2.24) is 9.78 Å².